The molecule has 0 bridgehead atoms. The van der Waals surface area contributed by atoms with E-state index in [9.17, 15) is 13.2 Å². The number of hydrogen-bond acceptors (Lipinski definition) is 5. The summed E-state index contributed by atoms with van der Waals surface area (Å²) in [7, 11) is -2.53. The Morgan fingerprint density at radius 1 is 1.16 bits per heavy atom. The van der Waals surface area contributed by atoms with E-state index in [1.807, 2.05) is 44.2 Å². The third-order valence-corrected chi connectivity index (χ3v) is 6.46. The number of methoxy groups -OCH3 is 1. The van der Waals surface area contributed by atoms with Gasteiger partial charge in [-0.15, -0.1) is 0 Å². The number of nitrogens with zero attached hydrogens (tertiary/aromatic N) is 1. The van der Waals surface area contributed by atoms with E-state index in [0.717, 1.165) is 9.87 Å². The van der Waals surface area contributed by atoms with E-state index in [1.165, 1.54) is 25.3 Å². The molecule has 0 atom stereocenters. The summed E-state index contributed by atoms with van der Waals surface area (Å²) in [5, 5.41) is 2.93. The Hall–Kier alpha value is -2.13. The van der Waals surface area contributed by atoms with Crippen LogP contribution in [0.4, 0.5) is 0 Å². The highest BCUT2D eigenvalue weighted by atomic mass is 35.5. The zero-order valence-corrected chi connectivity index (χ0v) is 19.6. The van der Waals surface area contributed by atoms with Gasteiger partial charge in [0.15, 0.2) is 0 Å². The molecule has 9 heteroatoms. The molecule has 1 N–H and O–H groups in total. The summed E-state index contributed by atoms with van der Waals surface area (Å²) in [6.45, 7) is 4.54. The van der Waals surface area contributed by atoms with Crippen LogP contribution in [0.1, 0.15) is 25.8 Å². The molecule has 2 aromatic rings. The van der Waals surface area contributed by atoms with Crippen LogP contribution in [-0.2, 0) is 26.1 Å². The summed E-state index contributed by atoms with van der Waals surface area (Å²) in [6.07, 6.45) is 0.766. The number of rotatable bonds is 12. The number of hydrogen-bond donors (Lipinski definition) is 1. The van der Waals surface area contributed by atoms with Crippen molar-refractivity contribution in [2.24, 2.45) is 0 Å². The molecular formula is C22H29ClN2O5S. The number of ether oxygens (including phenoxy) is 2. The average Bonchev–Trinajstić information content (AvgIpc) is 2.73. The Kier molecular flexibility index (Phi) is 9.77. The molecule has 0 heterocycles. The van der Waals surface area contributed by atoms with Gasteiger partial charge in [0.2, 0.25) is 15.9 Å². The van der Waals surface area contributed by atoms with Gasteiger partial charge in [0.1, 0.15) is 5.75 Å². The number of halogens is 1. The summed E-state index contributed by atoms with van der Waals surface area (Å²) in [5.74, 6) is -0.0137. The molecule has 1 amide bonds. The average molecular weight is 469 g/mol. The predicted molar refractivity (Wildman–Crippen MR) is 121 cm³/mol. The van der Waals surface area contributed by atoms with Gasteiger partial charge in [-0.05, 0) is 44.0 Å². The van der Waals surface area contributed by atoms with Crippen LogP contribution in [0, 0.1) is 0 Å². The second-order valence-electron chi connectivity index (χ2n) is 7.18. The maximum atomic E-state index is 13.3. The summed E-state index contributed by atoms with van der Waals surface area (Å²) in [6, 6.07) is 13.3. The van der Waals surface area contributed by atoms with Gasteiger partial charge in [-0.25, -0.2) is 8.42 Å². The van der Waals surface area contributed by atoms with Crippen molar-refractivity contribution in [1.29, 1.82) is 0 Å². The number of amides is 1. The van der Waals surface area contributed by atoms with Crippen LogP contribution in [0.25, 0.3) is 0 Å². The van der Waals surface area contributed by atoms with Gasteiger partial charge < -0.3 is 14.8 Å². The molecule has 31 heavy (non-hydrogen) atoms. The van der Waals surface area contributed by atoms with Crippen LogP contribution in [0.2, 0.25) is 5.02 Å². The standard InChI is InChI=1S/C22H29ClN2O5S/c1-17(2)30-13-7-12-24-22(26)16-25(15-18-8-5-4-6-9-18)31(27,28)19-10-11-21(29-3)20(23)14-19/h4-6,8-11,14,17H,7,12-13,15-16H2,1-3H3,(H,24,26). The SMILES string of the molecule is COc1ccc(S(=O)(=O)N(CC(=O)NCCCOC(C)C)Cc2ccccc2)cc1Cl. The van der Waals surface area contributed by atoms with Crippen molar-refractivity contribution < 1.29 is 22.7 Å². The van der Waals surface area contributed by atoms with Crippen molar-refractivity contribution in [1.82, 2.24) is 9.62 Å². The van der Waals surface area contributed by atoms with Crippen molar-refractivity contribution in [3.05, 3.63) is 59.1 Å². The van der Waals surface area contributed by atoms with Gasteiger partial charge in [0, 0.05) is 19.7 Å². The Bertz CT molecular complexity index is 952. The van der Waals surface area contributed by atoms with E-state index in [0.29, 0.717) is 25.3 Å². The molecule has 2 rings (SSSR count). The Morgan fingerprint density at radius 3 is 2.48 bits per heavy atom. The smallest absolute Gasteiger partial charge is 0.243 e. The van der Waals surface area contributed by atoms with Crippen LogP contribution in [-0.4, -0.2) is 51.5 Å². The molecule has 7 nitrogen and oxygen atoms in total. The van der Waals surface area contributed by atoms with Crippen molar-refractivity contribution in [3.63, 3.8) is 0 Å². The van der Waals surface area contributed by atoms with E-state index in [1.54, 1.807) is 0 Å². The highest BCUT2D eigenvalue weighted by molar-refractivity contribution is 7.89. The molecule has 0 fully saturated rings. The van der Waals surface area contributed by atoms with Gasteiger partial charge in [-0.1, -0.05) is 41.9 Å². The third kappa shape index (κ3) is 7.81. The fraction of sp³-hybridized carbons (Fsp3) is 0.409. The maximum absolute atomic E-state index is 13.3. The minimum Gasteiger partial charge on any atom is -0.495 e. The van der Waals surface area contributed by atoms with E-state index in [2.05, 4.69) is 5.32 Å². The first-order valence-electron chi connectivity index (χ1n) is 10.00. The number of carbonyl (C=O) groups is 1. The Morgan fingerprint density at radius 2 is 1.87 bits per heavy atom. The number of benzene rings is 2. The zero-order valence-electron chi connectivity index (χ0n) is 18.0. The quantitative estimate of drug-likeness (QED) is 0.482. The normalized spacial score (nSPS) is 11.7. The summed E-state index contributed by atoms with van der Waals surface area (Å²) in [4.78, 5) is 12.5. The first-order chi connectivity index (χ1) is 14.7. The zero-order chi connectivity index (χ0) is 22.9. The van der Waals surface area contributed by atoms with Crippen LogP contribution in [0.15, 0.2) is 53.4 Å². The molecule has 0 saturated heterocycles. The van der Waals surface area contributed by atoms with Gasteiger partial charge in [0.25, 0.3) is 0 Å². The first-order valence-corrected chi connectivity index (χ1v) is 11.8. The lowest BCUT2D eigenvalue weighted by Crippen LogP contribution is -2.40. The van der Waals surface area contributed by atoms with Gasteiger partial charge in [0.05, 0.1) is 29.7 Å². The molecule has 0 unspecified atom stereocenters. The van der Waals surface area contributed by atoms with Crippen LogP contribution < -0.4 is 10.1 Å². The number of carbonyl (C=O) groups excluding carboxylic acids is 1. The van der Waals surface area contributed by atoms with Crippen molar-refractivity contribution in [3.8, 4) is 5.75 Å². The number of sulfonamides is 1. The Labute approximate surface area is 189 Å². The largest absolute Gasteiger partial charge is 0.495 e. The second kappa shape index (κ2) is 12.0. The molecule has 0 aliphatic heterocycles. The molecule has 0 aliphatic carbocycles. The summed E-state index contributed by atoms with van der Waals surface area (Å²) in [5.41, 5.74) is 0.767. The monoisotopic (exact) mass is 468 g/mol. The summed E-state index contributed by atoms with van der Waals surface area (Å²) >= 11 is 6.13. The molecule has 0 radical (unpaired) electrons. The molecule has 170 valence electrons. The predicted octanol–water partition coefficient (Wildman–Crippen LogP) is 3.47. The lowest BCUT2D eigenvalue weighted by molar-refractivity contribution is -0.121. The topological polar surface area (TPSA) is 84.9 Å². The highest BCUT2D eigenvalue weighted by Crippen LogP contribution is 2.28. The minimum atomic E-state index is -3.98. The second-order valence-corrected chi connectivity index (χ2v) is 9.52. The summed E-state index contributed by atoms with van der Waals surface area (Å²) < 4.78 is 38.3. The lowest BCUT2D eigenvalue weighted by atomic mass is 10.2. The van der Waals surface area contributed by atoms with E-state index < -0.39 is 10.0 Å². The van der Waals surface area contributed by atoms with Crippen LogP contribution >= 0.6 is 11.6 Å². The van der Waals surface area contributed by atoms with Gasteiger partial charge in [-0.2, -0.15) is 4.31 Å². The molecule has 0 saturated carbocycles. The lowest BCUT2D eigenvalue weighted by Gasteiger charge is -2.22. The molecular weight excluding hydrogens is 440 g/mol. The highest BCUT2D eigenvalue weighted by Gasteiger charge is 2.27. The van der Waals surface area contributed by atoms with Gasteiger partial charge in [-0.3, -0.25) is 4.79 Å². The fourth-order valence-corrected chi connectivity index (χ4v) is 4.54. The van der Waals surface area contributed by atoms with E-state index in [-0.39, 0.29) is 35.0 Å². The van der Waals surface area contributed by atoms with Crippen molar-refractivity contribution in [2.75, 3.05) is 26.8 Å². The fourth-order valence-electron chi connectivity index (χ4n) is 2.80. The molecule has 0 aromatic heterocycles. The Balaban J connectivity index is 2.16. The van der Waals surface area contributed by atoms with Crippen molar-refractivity contribution >= 4 is 27.5 Å². The van der Waals surface area contributed by atoms with Crippen molar-refractivity contribution in [2.45, 2.75) is 37.8 Å². The third-order valence-electron chi connectivity index (χ3n) is 4.38. The van der Waals surface area contributed by atoms with Crippen LogP contribution in [0.3, 0.4) is 0 Å². The minimum absolute atomic E-state index is 0.00707. The number of nitrogens with one attached hydrogen (secondary N) is 1. The maximum Gasteiger partial charge on any atom is 0.243 e. The molecule has 0 aliphatic rings. The van der Waals surface area contributed by atoms with E-state index in [4.69, 9.17) is 21.1 Å². The van der Waals surface area contributed by atoms with E-state index >= 15 is 0 Å². The first kappa shape index (κ1) is 25.1. The molecule has 2 aromatic carbocycles. The molecule has 0 spiro atoms. The van der Waals surface area contributed by atoms with Crippen LogP contribution in [0.5, 0.6) is 5.75 Å². The van der Waals surface area contributed by atoms with Gasteiger partial charge >= 0.3 is 0 Å².